The maximum Gasteiger partial charge on any atom is 0.240 e. The fourth-order valence-corrected chi connectivity index (χ4v) is 5.81. The van der Waals surface area contributed by atoms with Crippen LogP contribution in [0.25, 0.3) is 10.8 Å². The minimum Gasteiger partial charge on any atom is -0.379 e. The topological polar surface area (TPSA) is 54.0 Å². The highest BCUT2D eigenvalue weighted by molar-refractivity contribution is 7.82. The molecule has 1 fully saturated rings. The van der Waals surface area contributed by atoms with Crippen molar-refractivity contribution >= 4 is 56.8 Å². The van der Waals surface area contributed by atoms with Crippen molar-refractivity contribution in [3.63, 3.8) is 0 Å². The van der Waals surface area contributed by atoms with Crippen LogP contribution >= 0.6 is 24.4 Å². The normalized spacial score (nSPS) is 15.2. The quantitative estimate of drug-likeness (QED) is 0.245. The summed E-state index contributed by atoms with van der Waals surface area (Å²) < 4.78 is 11.2. The Hall–Kier alpha value is -2.13. The molecule has 0 saturated carbocycles. The second-order valence-corrected chi connectivity index (χ2v) is 10.5. The van der Waals surface area contributed by atoms with Crippen LogP contribution in [0.1, 0.15) is 63.0 Å². The van der Waals surface area contributed by atoms with Gasteiger partial charge < -0.3 is 24.6 Å². The Kier molecular flexibility index (Phi) is 10.7. The third-order valence-electron chi connectivity index (χ3n) is 7.05. The maximum absolute atomic E-state index is 12.7. The number of nitrogens with one attached hydrogen (secondary N) is 1. The van der Waals surface area contributed by atoms with E-state index in [1.807, 2.05) is 12.1 Å². The van der Waals surface area contributed by atoms with E-state index in [0.717, 1.165) is 42.6 Å². The average Bonchev–Trinajstić information content (AvgIpc) is 3.45. The Morgan fingerprint density at radius 1 is 0.892 bits per heavy atom. The largest absolute Gasteiger partial charge is 0.379 e. The zero-order valence-electron chi connectivity index (χ0n) is 21.9. The number of unbranched alkanes of at least 4 members (excludes halogenated alkanes) is 4. The van der Waals surface area contributed by atoms with E-state index in [1.54, 1.807) is 4.90 Å². The first-order chi connectivity index (χ1) is 18.1. The van der Waals surface area contributed by atoms with Gasteiger partial charge in [-0.15, -0.1) is 0 Å². The number of amides is 1. The smallest absolute Gasteiger partial charge is 0.240 e. The highest BCUT2D eigenvalue weighted by atomic mass is 32.1. The number of rotatable bonds is 15. The molecule has 4 rings (SSSR count). The first-order valence-corrected chi connectivity index (χ1v) is 14.5. The molecule has 8 heteroatoms. The SMILES string of the molecule is CCCCCCCOCCOCCNC(=O)CN1C(=S)c2cccc3c(N4CCCC4)ccc(c23)C1=S. The summed E-state index contributed by atoms with van der Waals surface area (Å²) in [6.45, 7) is 7.27. The summed E-state index contributed by atoms with van der Waals surface area (Å²) >= 11 is 11.7. The van der Waals surface area contributed by atoms with Crippen molar-refractivity contribution in [1.82, 2.24) is 10.2 Å². The van der Waals surface area contributed by atoms with E-state index >= 15 is 0 Å². The van der Waals surface area contributed by atoms with E-state index in [9.17, 15) is 4.79 Å². The Bertz CT molecular complexity index is 1080. The third-order valence-corrected chi connectivity index (χ3v) is 7.93. The van der Waals surface area contributed by atoms with Gasteiger partial charge in [-0.3, -0.25) is 4.79 Å². The molecule has 0 aliphatic carbocycles. The van der Waals surface area contributed by atoms with Crippen LogP contribution < -0.4 is 10.2 Å². The van der Waals surface area contributed by atoms with Gasteiger partial charge in [-0.25, -0.2) is 0 Å². The van der Waals surface area contributed by atoms with Crippen molar-refractivity contribution in [3.8, 4) is 0 Å². The second kappa shape index (κ2) is 14.1. The molecule has 200 valence electrons. The van der Waals surface area contributed by atoms with Gasteiger partial charge in [-0.2, -0.15) is 0 Å². The summed E-state index contributed by atoms with van der Waals surface area (Å²) in [5.74, 6) is -0.124. The van der Waals surface area contributed by atoms with Gasteiger partial charge in [0.2, 0.25) is 5.91 Å². The number of thiocarbonyl (C=S) groups is 2. The summed E-state index contributed by atoms with van der Waals surface area (Å²) in [5.41, 5.74) is 3.18. The van der Waals surface area contributed by atoms with E-state index in [2.05, 4.69) is 35.3 Å². The molecule has 0 radical (unpaired) electrons. The van der Waals surface area contributed by atoms with E-state index in [0.29, 0.717) is 36.3 Å². The Labute approximate surface area is 231 Å². The van der Waals surface area contributed by atoms with E-state index in [1.165, 1.54) is 49.6 Å². The number of carbonyl (C=O) groups excluding carboxylic acids is 1. The molecule has 1 amide bonds. The van der Waals surface area contributed by atoms with Gasteiger partial charge in [0.05, 0.1) is 19.8 Å². The number of hydrogen-bond donors (Lipinski definition) is 1. The average molecular weight is 542 g/mol. The first-order valence-electron chi connectivity index (χ1n) is 13.7. The Morgan fingerprint density at radius 3 is 2.35 bits per heavy atom. The molecule has 0 aromatic heterocycles. The van der Waals surface area contributed by atoms with Crippen molar-refractivity contribution in [1.29, 1.82) is 0 Å². The number of nitrogens with zero attached hydrogens (tertiary/aromatic N) is 2. The number of hydrogen-bond acceptors (Lipinski definition) is 6. The van der Waals surface area contributed by atoms with Gasteiger partial charge in [0.1, 0.15) is 16.5 Å². The highest BCUT2D eigenvalue weighted by Gasteiger charge is 2.30. The molecule has 0 atom stereocenters. The van der Waals surface area contributed by atoms with Crippen LogP contribution in [0.5, 0.6) is 0 Å². The molecule has 2 aromatic carbocycles. The molecule has 6 nitrogen and oxygen atoms in total. The highest BCUT2D eigenvalue weighted by Crippen LogP contribution is 2.37. The van der Waals surface area contributed by atoms with Gasteiger partial charge >= 0.3 is 0 Å². The van der Waals surface area contributed by atoms with Crippen molar-refractivity contribution in [2.45, 2.75) is 51.9 Å². The summed E-state index contributed by atoms with van der Waals surface area (Å²) in [6, 6.07) is 10.5. The molecule has 2 aliphatic rings. The van der Waals surface area contributed by atoms with Crippen molar-refractivity contribution < 1.29 is 14.3 Å². The minimum atomic E-state index is -0.124. The zero-order chi connectivity index (χ0) is 26.0. The molecule has 1 saturated heterocycles. The van der Waals surface area contributed by atoms with Gasteiger partial charge in [0.25, 0.3) is 0 Å². The van der Waals surface area contributed by atoms with Crippen molar-refractivity contribution in [2.75, 3.05) is 57.5 Å². The van der Waals surface area contributed by atoms with Crippen LogP contribution in [-0.4, -0.2) is 73.4 Å². The maximum atomic E-state index is 12.7. The van der Waals surface area contributed by atoms with Crippen LogP contribution in [0.15, 0.2) is 30.3 Å². The Morgan fingerprint density at radius 2 is 1.59 bits per heavy atom. The lowest BCUT2D eigenvalue weighted by molar-refractivity contribution is -0.121. The van der Waals surface area contributed by atoms with Crippen LogP contribution in [0.3, 0.4) is 0 Å². The van der Waals surface area contributed by atoms with Gasteiger partial charge in [0, 0.05) is 53.8 Å². The van der Waals surface area contributed by atoms with Crippen LogP contribution in [0, 0.1) is 0 Å². The molecule has 0 bridgehead atoms. The molecule has 37 heavy (non-hydrogen) atoms. The molecular weight excluding hydrogens is 502 g/mol. The molecule has 2 heterocycles. The van der Waals surface area contributed by atoms with Gasteiger partial charge in [-0.1, -0.05) is 75.2 Å². The number of benzene rings is 2. The second-order valence-electron chi connectivity index (χ2n) is 9.74. The molecule has 0 unspecified atom stereocenters. The van der Waals surface area contributed by atoms with E-state index < -0.39 is 0 Å². The van der Waals surface area contributed by atoms with Crippen molar-refractivity contribution in [2.24, 2.45) is 0 Å². The minimum absolute atomic E-state index is 0.0997. The fourth-order valence-electron chi connectivity index (χ4n) is 5.10. The summed E-state index contributed by atoms with van der Waals surface area (Å²) in [4.78, 5) is 18.2. The standard InChI is InChI=1S/C29H39N3O3S2/c1-2-3-4-5-8-17-34-19-20-35-18-14-30-26(33)21-32-28(36)23-11-9-10-22-25(31-15-6-7-16-31)13-12-24(27(22)23)29(32)37/h9-13H,2-8,14-21H2,1H3,(H,30,33). The monoisotopic (exact) mass is 541 g/mol. The van der Waals surface area contributed by atoms with Gasteiger partial charge in [0.15, 0.2) is 0 Å². The lowest BCUT2D eigenvalue weighted by Gasteiger charge is -2.32. The predicted octanol–water partition coefficient (Wildman–Crippen LogP) is 5.23. The summed E-state index contributed by atoms with van der Waals surface area (Å²) in [5, 5.41) is 5.21. The van der Waals surface area contributed by atoms with Crippen molar-refractivity contribution in [3.05, 3.63) is 41.5 Å². The number of ether oxygens (including phenoxy) is 2. The third kappa shape index (κ3) is 7.05. The van der Waals surface area contributed by atoms with E-state index in [-0.39, 0.29) is 12.5 Å². The fraction of sp³-hybridized carbons (Fsp3) is 0.552. The predicted molar refractivity (Wildman–Crippen MR) is 159 cm³/mol. The number of anilines is 1. The Balaban J connectivity index is 1.23. The van der Waals surface area contributed by atoms with Crippen LogP contribution in [0.2, 0.25) is 0 Å². The van der Waals surface area contributed by atoms with E-state index in [4.69, 9.17) is 33.9 Å². The van der Waals surface area contributed by atoms with Gasteiger partial charge in [-0.05, 0) is 31.4 Å². The molecule has 2 aromatic rings. The molecule has 0 spiro atoms. The summed E-state index contributed by atoms with van der Waals surface area (Å²) in [6.07, 6.45) is 8.62. The lowest BCUT2D eigenvalue weighted by Crippen LogP contribution is -2.46. The molecule has 1 N–H and O–H groups in total. The summed E-state index contributed by atoms with van der Waals surface area (Å²) in [7, 11) is 0. The number of carbonyl (C=O) groups is 1. The van der Waals surface area contributed by atoms with Crippen LogP contribution in [0.4, 0.5) is 5.69 Å². The first kappa shape index (κ1) is 27.9. The molecule has 2 aliphatic heterocycles. The zero-order valence-corrected chi connectivity index (χ0v) is 23.6. The van der Waals surface area contributed by atoms with Crippen LogP contribution in [-0.2, 0) is 14.3 Å². The lowest BCUT2D eigenvalue weighted by atomic mass is 9.93. The molecular formula is C29H39N3O3S2.